The zero-order chi connectivity index (χ0) is 23.8. The lowest BCUT2D eigenvalue weighted by Gasteiger charge is -2.07. The van der Waals surface area contributed by atoms with Gasteiger partial charge in [-0.3, -0.25) is 9.59 Å². The van der Waals surface area contributed by atoms with E-state index in [-0.39, 0.29) is 18.2 Å². The third-order valence-electron chi connectivity index (χ3n) is 4.79. The van der Waals surface area contributed by atoms with Crippen molar-refractivity contribution >= 4 is 52.2 Å². The van der Waals surface area contributed by atoms with Gasteiger partial charge in [-0.1, -0.05) is 59.8 Å². The van der Waals surface area contributed by atoms with Gasteiger partial charge < -0.3 is 15.4 Å². The molecule has 7 nitrogen and oxygen atoms in total. The van der Waals surface area contributed by atoms with Gasteiger partial charge in [-0.25, -0.2) is 0 Å². The average molecular weight is 493 g/mol. The maximum Gasteiger partial charge on any atom is 0.240 e. The van der Waals surface area contributed by atoms with Gasteiger partial charge >= 0.3 is 0 Å². The predicted molar refractivity (Wildman–Crippen MR) is 136 cm³/mol. The highest BCUT2D eigenvalue weighted by Crippen LogP contribution is 2.23. The number of thioether (sulfide) groups is 1. The van der Waals surface area contributed by atoms with E-state index in [9.17, 15) is 9.59 Å². The average Bonchev–Trinajstić information content (AvgIpc) is 3.18. The van der Waals surface area contributed by atoms with Gasteiger partial charge in [-0.15, -0.1) is 5.10 Å². The minimum absolute atomic E-state index is 0.0454. The monoisotopic (exact) mass is 492 g/mol. The van der Waals surface area contributed by atoms with Gasteiger partial charge in [0.25, 0.3) is 0 Å². The van der Waals surface area contributed by atoms with E-state index in [4.69, 9.17) is 16.3 Å². The number of nitrogens with zero attached hydrogens (tertiary/aromatic N) is 2. The number of anilines is 1. The molecule has 1 aliphatic rings. The van der Waals surface area contributed by atoms with Gasteiger partial charge in [0.05, 0.1) is 6.21 Å². The summed E-state index contributed by atoms with van der Waals surface area (Å²) in [5.74, 6) is 0.209. The van der Waals surface area contributed by atoms with Crippen LogP contribution in [0.5, 0.6) is 5.75 Å². The number of amidine groups is 1. The molecule has 0 spiro atoms. The molecule has 1 saturated heterocycles. The molecule has 1 unspecified atom stereocenters. The summed E-state index contributed by atoms with van der Waals surface area (Å²) in [6.45, 7) is 0.377. The van der Waals surface area contributed by atoms with Crippen molar-refractivity contribution in [3.05, 3.63) is 95.0 Å². The van der Waals surface area contributed by atoms with Crippen molar-refractivity contribution in [2.75, 3.05) is 5.32 Å². The largest absolute Gasteiger partial charge is 0.489 e. The van der Waals surface area contributed by atoms with Crippen LogP contribution >= 0.6 is 23.4 Å². The zero-order valence-electron chi connectivity index (χ0n) is 18.0. The molecule has 0 aliphatic carbocycles. The number of amides is 2. The van der Waals surface area contributed by atoms with E-state index >= 15 is 0 Å². The first kappa shape index (κ1) is 23.5. The van der Waals surface area contributed by atoms with E-state index in [0.29, 0.717) is 28.2 Å². The first-order chi connectivity index (χ1) is 16.6. The Morgan fingerprint density at radius 2 is 1.79 bits per heavy atom. The number of carbonyl (C=O) groups excluding carboxylic acids is 2. The van der Waals surface area contributed by atoms with Crippen molar-refractivity contribution in [2.24, 2.45) is 10.2 Å². The minimum Gasteiger partial charge on any atom is -0.489 e. The molecule has 1 fully saturated rings. The first-order valence-electron chi connectivity index (χ1n) is 10.5. The zero-order valence-corrected chi connectivity index (χ0v) is 19.6. The fourth-order valence-electron chi connectivity index (χ4n) is 3.06. The van der Waals surface area contributed by atoms with Crippen molar-refractivity contribution in [1.82, 2.24) is 5.32 Å². The van der Waals surface area contributed by atoms with Crippen molar-refractivity contribution in [2.45, 2.75) is 18.3 Å². The molecule has 2 amide bonds. The van der Waals surface area contributed by atoms with E-state index in [0.717, 1.165) is 11.1 Å². The summed E-state index contributed by atoms with van der Waals surface area (Å²) in [4.78, 5) is 24.4. The Bertz CT molecular complexity index is 1220. The third kappa shape index (κ3) is 6.69. The van der Waals surface area contributed by atoms with E-state index in [1.807, 2.05) is 66.7 Å². The molecule has 9 heteroatoms. The highest BCUT2D eigenvalue weighted by molar-refractivity contribution is 8.15. The van der Waals surface area contributed by atoms with Crippen LogP contribution in [-0.2, 0) is 16.2 Å². The third-order valence-corrected chi connectivity index (χ3v) is 6.23. The Morgan fingerprint density at radius 1 is 1.06 bits per heavy atom. The minimum atomic E-state index is -0.549. The summed E-state index contributed by atoms with van der Waals surface area (Å²) in [6.07, 6.45) is 1.62. The number of halogens is 1. The normalized spacial score (nSPS) is 16.6. The second-order valence-corrected chi connectivity index (χ2v) is 8.91. The molecule has 34 heavy (non-hydrogen) atoms. The molecule has 2 N–H and O–H groups in total. The molecule has 1 atom stereocenters. The maximum absolute atomic E-state index is 12.2. The summed E-state index contributed by atoms with van der Waals surface area (Å²) in [5, 5.41) is 14.0. The molecule has 0 bridgehead atoms. The molecular weight excluding hydrogens is 472 g/mol. The topological polar surface area (TPSA) is 92.2 Å². The predicted octanol–water partition coefficient (Wildman–Crippen LogP) is 4.87. The SMILES string of the molecule is O=C(CC1SC(=NN=Cc2ccc(OCc3ccccc3Cl)cc2)NC1=O)Nc1ccccc1. The van der Waals surface area contributed by atoms with Crippen LogP contribution in [0, 0.1) is 0 Å². The maximum atomic E-state index is 12.2. The number of nitrogens with one attached hydrogen (secondary N) is 2. The van der Waals surface area contributed by atoms with Gasteiger partial charge in [0.15, 0.2) is 5.17 Å². The Morgan fingerprint density at radius 3 is 2.56 bits per heavy atom. The fourth-order valence-corrected chi connectivity index (χ4v) is 4.18. The van der Waals surface area contributed by atoms with Gasteiger partial charge in [0.2, 0.25) is 11.8 Å². The van der Waals surface area contributed by atoms with Crippen LogP contribution < -0.4 is 15.4 Å². The standard InChI is InChI=1S/C25H21ClN4O3S/c26-21-9-5-4-6-18(21)16-33-20-12-10-17(11-13-20)15-27-30-25-29-24(32)22(34-25)14-23(31)28-19-7-2-1-3-8-19/h1-13,15,22H,14,16H2,(H,28,31)(H,29,30,32). The van der Waals surface area contributed by atoms with Crippen molar-refractivity contribution in [1.29, 1.82) is 0 Å². The molecule has 0 saturated carbocycles. The molecule has 0 aromatic heterocycles. The van der Waals surface area contributed by atoms with Crippen LogP contribution in [0.1, 0.15) is 17.5 Å². The van der Waals surface area contributed by atoms with Crippen LogP contribution in [-0.4, -0.2) is 28.4 Å². The summed E-state index contributed by atoms with van der Waals surface area (Å²) < 4.78 is 5.77. The molecule has 1 heterocycles. The Balaban J connectivity index is 1.26. The highest BCUT2D eigenvalue weighted by Gasteiger charge is 2.32. The second kappa shape index (κ2) is 11.5. The van der Waals surface area contributed by atoms with Gasteiger partial charge in [0.1, 0.15) is 17.6 Å². The molecule has 4 rings (SSSR count). The first-order valence-corrected chi connectivity index (χ1v) is 11.7. The number of para-hydroxylation sites is 1. The fraction of sp³-hybridized carbons (Fsp3) is 0.120. The number of benzene rings is 3. The number of hydrogen-bond acceptors (Lipinski definition) is 6. The van der Waals surface area contributed by atoms with E-state index in [1.54, 1.807) is 18.3 Å². The van der Waals surface area contributed by atoms with Crippen LogP contribution in [0.25, 0.3) is 0 Å². The summed E-state index contributed by atoms with van der Waals surface area (Å²) in [5.41, 5.74) is 2.43. The molecule has 3 aromatic carbocycles. The molecule has 0 radical (unpaired) electrons. The Kier molecular flexibility index (Phi) is 7.95. The van der Waals surface area contributed by atoms with Gasteiger partial charge in [-0.05, 0) is 48.0 Å². The van der Waals surface area contributed by atoms with E-state index in [2.05, 4.69) is 20.8 Å². The van der Waals surface area contributed by atoms with Gasteiger partial charge in [-0.2, -0.15) is 5.10 Å². The highest BCUT2D eigenvalue weighted by atomic mass is 35.5. The Hall–Kier alpha value is -3.62. The summed E-state index contributed by atoms with van der Waals surface area (Å²) in [6, 6.07) is 24.0. The van der Waals surface area contributed by atoms with Crippen molar-refractivity contribution in [3.63, 3.8) is 0 Å². The second-order valence-electron chi connectivity index (χ2n) is 7.31. The van der Waals surface area contributed by atoms with Crippen molar-refractivity contribution in [3.8, 4) is 5.75 Å². The quantitative estimate of drug-likeness (QED) is 0.346. The summed E-state index contributed by atoms with van der Waals surface area (Å²) >= 11 is 7.33. The van der Waals surface area contributed by atoms with E-state index in [1.165, 1.54) is 11.8 Å². The molecule has 172 valence electrons. The lowest BCUT2D eigenvalue weighted by Crippen LogP contribution is -2.28. The molecular formula is C25H21ClN4O3S. The van der Waals surface area contributed by atoms with Gasteiger partial charge in [0, 0.05) is 22.7 Å². The Labute approximate surface area is 206 Å². The van der Waals surface area contributed by atoms with Crippen LogP contribution in [0.4, 0.5) is 5.69 Å². The lowest BCUT2D eigenvalue weighted by atomic mass is 10.2. The number of ether oxygens (including phenoxy) is 1. The number of carbonyl (C=O) groups is 2. The molecule has 3 aromatic rings. The van der Waals surface area contributed by atoms with Crippen LogP contribution in [0.15, 0.2) is 89.1 Å². The van der Waals surface area contributed by atoms with E-state index < -0.39 is 5.25 Å². The lowest BCUT2D eigenvalue weighted by molar-refractivity contribution is -0.122. The van der Waals surface area contributed by atoms with Crippen LogP contribution in [0.3, 0.4) is 0 Å². The summed E-state index contributed by atoms with van der Waals surface area (Å²) in [7, 11) is 0. The van der Waals surface area contributed by atoms with Crippen LogP contribution in [0.2, 0.25) is 5.02 Å². The van der Waals surface area contributed by atoms with Crippen molar-refractivity contribution < 1.29 is 14.3 Å². The number of rotatable bonds is 8. The molecule has 1 aliphatic heterocycles. The number of hydrogen-bond donors (Lipinski definition) is 2. The smallest absolute Gasteiger partial charge is 0.240 e.